The SMILES string of the molecule is CCOC1CC(Nc2cccc(NN)n2)C1(C)C. The molecule has 0 saturated heterocycles. The van der Waals surface area contributed by atoms with E-state index in [4.69, 9.17) is 10.6 Å². The summed E-state index contributed by atoms with van der Waals surface area (Å²) in [5, 5.41) is 3.45. The number of nitrogen functional groups attached to an aromatic ring is 1. The summed E-state index contributed by atoms with van der Waals surface area (Å²) in [6.07, 6.45) is 1.35. The Hall–Kier alpha value is -1.33. The second-order valence-electron chi connectivity index (χ2n) is 5.25. The van der Waals surface area contributed by atoms with Gasteiger partial charge in [-0.3, -0.25) is 0 Å². The second kappa shape index (κ2) is 5.12. The minimum absolute atomic E-state index is 0.129. The van der Waals surface area contributed by atoms with Crippen LogP contribution < -0.4 is 16.6 Å². The molecule has 1 aliphatic rings. The molecule has 0 radical (unpaired) electrons. The maximum atomic E-state index is 5.71. The summed E-state index contributed by atoms with van der Waals surface area (Å²) in [5.74, 6) is 6.86. The summed E-state index contributed by atoms with van der Waals surface area (Å²) in [6.45, 7) is 7.25. The van der Waals surface area contributed by atoms with E-state index in [9.17, 15) is 0 Å². The van der Waals surface area contributed by atoms with Crippen LogP contribution in [0, 0.1) is 5.41 Å². The first-order valence-corrected chi connectivity index (χ1v) is 6.39. The smallest absolute Gasteiger partial charge is 0.142 e. The number of nitrogens with two attached hydrogens (primary N) is 1. The van der Waals surface area contributed by atoms with Gasteiger partial charge in [-0.2, -0.15) is 0 Å². The first kappa shape index (κ1) is 13.1. The normalized spacial score (nSPS) is 25.3. The van der Waals surface area contributed by atoms with Gasteiger partial charge < -0.3 is 15.5 Å². The molecule has 1 aliphatic carbocycles. The summed E-state index contributed by atoms with van der Waals surface area (Å²) in [4.78, 5) is 4.36. The van der Waals surface area contributed by atoms with Gasteiger partial charge in [-0.05, 0) is 25.5 Å². The van der Waals surface area contributed by atoms with Gasteiger partial charge in [-0.1, -0.05) is 19.9 Å². The van der Waals surface area contributed by atoms with Crippen molar-refractivity contribution in [2.45, 2.75) is 39.3 Å². The minimum atomic E-state index is 0.129. The van der Waals surface area contributed by atoms with Crippen molar-refractivity contribution in [3.8, 4) is 0 Å². The monoisotopic (exact) mass is 250 g/mol. The maximum Gasteiger partial charge on any atom is 0.142 e. The van der Waals surface area contributed by atoms with E-state index in [0.717, 1.165) is 18.8 Å². The lowest BCUT2D eigenvalue weighted by molar-refractivity contribution is -0.0976. The van der Waals surface area contributed by atoms with Gasteiger partial charge in [0.2, 0.25) is 0 Å². The minimum Gasteiger partial charge on any atom is -0.378 e. The zero-order chi connectivity index (χ0) is 13.2. The quantitative estimate of drug-likeness (QED) is 0.550. The van der Waals surface area contributed by atoms with Crippen LogP contribution >= 0.6 is 0 Å². The number of pyridine rings is 1. The standard InChI is InChI=1S/C13H22N4O/c1-4-18-10-8-9(13(10,2)3)15-11-6-5-7-12(16-11)17-14/h5-7,9-10H,4,8,14H2,1-3H3,(H2,15,16,17). The zero-order valence-corrected chi connectivity index (χ0v) is 11.2. The maximum absolute atomic E-state index is 5.71. The first-order valence-electron chi connectivity index (χ1n) is 6.39. The molecule has 0 spiro atoms. The third kappa shape index (κ3) is 2.42. The van der Waals surface area contributed by atoms with E-state index in [0.29, 0.717) is 18.0 Å². The fraction of sp³-hybridized carbons (Fsp3) is 0.615. The van der Waals surface area contributed by atoms with Crippen molar-refractivity contribution in [3.05, 3.63) is 18.2 Å². The molecule has 1 fully saturated rings. The number of nitrogens with one attached hydrogen (secondary N) is 2. The summed E-state index contributed by atoms with van der Waals surface area (Å²) in [5.41, 5.74) is 2.68. The average Bonchev–Trinajstić information content (AvgIpc) is 2.38. The van der Waals surface area contributed by atoms with Crippen LogP contribution in [0.4, 0.5) is 11.6 Å². The van der Waals surface area contributed by atoms with Crippen molar-refractivity contribution < 1.29 is 4.74 Å². The lowest BCUT2D eigenvalue weighted by Crippen LogP contribution is -2.58. The molecule has 2 rings (SSSR count). The molecule has 5 heteroatoms. The Kier molecular flexibility index (Phi) is 3.73. The van der Waals surface area contributed by atoms with Gasteiger partial charge in [-0.15, -0.1) is 0 Å². The number of ether oxygens (including phenoxy) is 1. The van der Waals surface area contributed by atoms with Crippen LogP contribution in [0.15, 0.2) is 18.2 Å². The van der Waals surface area contributed by atoms with Crippen LogP contribution in [-0.2, 0) is 4.74 Å². The fourth-order valence-corrected chi connectivity index (χ4v) is 2.39. The molecule has 0 amide bonds. The number of hydrogen-bond donors (Lipinski definition) is 3. The third-order valence-electron chi connectivity index (χ3n) is 3.76. The number of rotatable bonds is 5. The van der Waals surface area contributed by atoms with E-state index in [1.807, 2.05) is 25.1 Å². The van der Waals surface area contributed by atoms with Crippen molar-refractivity contribution in [2.75, 3.05) is 17.3 Å². The number of anilines is 2. The molecule has 2 unspecified atom stereocenters. The van der Waals surface area contributed by atoms with Crippen LogP contribution in [0.5, 0.6) is 0 Å². The van der Waals surface area contributed by atoms with E-state index in [1.54, 1.807) is 0 Å². The molecule has 1 heterocycles. The molecule has 1 aromatic rings. The van der Waals surface area contributed by atoms with Gasteiger partial charge in [0.05, 0.1) is 6.10 Å². The predicted molar refractivity (Wildman–Crippen MR) is 73.3 cm³/mol. The zero-order valence-electron chi connectivity index (χ0n) is 11.2. The highest BCUT2D eigenvalue weighted by Gasteiger charge is 2.48. The van der Waals surface area contributed by atoms with E-state index in [2.05, 4.69) is 29.6 Å². The Morgan fingerprint density at radius 3 is 2.78 bits per heavy atom. The molecule has 5 nitrogen and oxygen atoms in total. The van der Waals surface area contributed by atoms with Gasteiger partial charge in [-0.25, -0.2) is 10.8 Å². The topological polar surface area (TPSA) is 72.2 Å². The number of aromatic nitrogens is 1. The van der Waals surface area contributed by atoms with Crippen LogP contribution in [-0.4, -0.2) is 23.7 Å². The predicted octanol–water partition coefficient (Wildman–Crippen LogP) is 1.98. The van der Waals surface area contributed by atoms with Crippen molar-refractivity contribution in [2.24, 2.45) is 11.3 Å². The molecule has 100 valence electrons. The van der Waals surface area contributed by atoms with Crippen molar-refractivity contribution in [3.63, 3.8) is 0 Å². The van der Waals surface area contributed by atoms with Crippen LogP contribution in [0.1, 0.15) is 27.2 Å². The van der Waals surface area contributed by atoms with E-state index < -0.39 is 0 Å². The molecular weight excluding hydrogens is 228 g/mol. The highest BCUT2D eigenvalue weighted by Crippen LogP contribution is 2.44. The molecule has 18 heavy (non-hydrogen) atoms. The summed E-state index contributed by atoms with van der Waals surface area (Å²) in [6, 6.07) is 6.09. The fourth-order valence-electron chi connectivity index (χ4n) is 2.39. The number of hydrazine groups is 1. The average molecular weight is 250 g/mol. The van der Waals surface area contributed by atoms with Crippen molar-refractivity contribution >= 4 is 11.6 Å². The van der Waals surface area contributed by atoms with Crippen LogP contribution in [0.25, 0.3) is 0 Å². The van der Waals surface area contributed by atoms with Gasteiger partial charge >= 0.3 is 0 Å². The Morgan fingerprint density at radius 2 is 2.17 bits per heavy atom. The third-order valence-corrected chi connectivity index (χ3v) is 3.76. The Morgan fingerprint density at radius 1 is 1.44 bits per heavy atom. The lowest BCUT2D eigenvalue weighted by atomic mass is 9.64. The summed E-state index contributed by atoms with van der Waals surface area (Å²) >= 11 is 0. The molecule has 1 saturated carbocycles. The molecule has 2 atom stereocenters. The Bertz CT molecular complexity index is 408. The van der Waals surface area contributed by atoms with Gasteiger partial charge in [0.1, 0.15) is 11.6 Å². The summed E-state index contributed by atoms with van der Waals surface area (Å²) < 4.78 is 5.71. The largest absolute Gasteiger partial charge is 0.378 e. The first-order chi connectivity index (χ1) is 8.57. The van der Waals surface area contributed by atoms with E-state index >= 15 is 0 Å². The molecule has 1 aromatic heterocycles. The Balaban J connectivity index is 1.98. The molecule has 0 bridgehead atoms. The van der Waals surface area contributed by atoms with Gasteiger partial charge in [0.25, 0.3) is 0 Å². The Labute approximate surface area is 108 Å². The summed E-state index contributed by atoms with van der Waals surface area (Å²) in [7, 11) is 0. The molecular formula is C13H22N4O. The van der Waals surface area contributed by atoms with Crippen LogP contribution in [0.3, 0.4) is 0 Å². The number of nitrogens with zero attached hydrogens (tertiary/aromatic N) is 1. The molecule has 0 aliphatic heterocycles. The van der Waals surface area contributed by atoms with Gasteiger partial charge in [0.15, 0.2) is 0 Å². The van der Waals surface area contributed by atoms with Crippen molar-refractivity contribution in [1.29, 1.82) is 0 Å². The highest BCUT2D eigenvalue weighted by atomic mass is 16.5. The van der Waals surface area contributed by atoms with E-state index in [-0.39, 0.29) is 5.41 Å². The highest BCUT2D eigenvalue weighted by molar-refractivity contribution is 5.45. The van der Waals surface area contributed by atoms with Crippen LogP contribution in [0.2, 0.25) is 0 Å². The molecule has 4 N–H and O–H groups in total. The van der Waals surface area contributed by atoms with Crippen molar-refractivity contribution in [1.82, 2.24) is 4.98 Å². The van der Waals surface area contributed by atoms with Gasteiger partial charge in [0, 0.05) is 18.1 Å². The second-order valence-corrected chi connectivity index (χ2v) is 5.25. The van der Waals surface area contributed by atoms with E-state index in [1.165, 1.54) is 0 Å². The molecule has 0 aromatic carbocycles. The number of hydrogen-bond acceptors (Lipinski definition) is 5. The lowest BCUT2D eigenvalue weighted by Gasteiger charge is -2.51.